The van der Waals surface area contributed by atoms with Gasteiger partial charge in [0.2, 0.25) is 0 Å². The molecule has 1 heterocycles. The van der Waals surface area contributed by atoms with E-state index in [4.69, 9.17) is 4.74 Å². The van der Waals surface area contributed by atoms with Crippen LogP contribution in [0.2, 0.25) is 0 Å². The van der Waals surface area contributed by atoms with Gasteiger partial charge in [-0.15, -0.1) is 11.3 Å². The van der Waals surface area contributed by atoms with Crippen molar-refractivity contribution in [2.45, 2.75) is 32.9 Å². The summed E-state index contributed by atoms with van der Waals surface area (Å²) in [6.45, 7) is 8.05. The van der Waals surface area contributed by atoms with E-state index in [2.05, 4.69) is 36.6 Å². The van der Waals surface area contributed by atoms with Gasteiger partial charge in [0.1, 0.15) is 0 Å². The third kappa shape index (κ3) is 6.17. The zero-order valence-corrected chi connectivity index (χ0v) is 11.9. The van der Waals surface area contributed by atoms with Crippen molar-refractivity contribution in [3.63, 3.8) is 0 Å². The Bertz CT molecular complexity index is 301. The number of hydrogen-bond donors (Lipinski definition) is 2. The fraction of sp³-hybridized carbons (Fsp3) is 0.692. The second-order valence-electron chi connectivity index (χ2n) is 4.20. The number of ether oxygens (including phenoxy) is 1. The summed E-state index contributed by atoms with van der Waals surface area (Å²) < 4.78 is 4.99. The lowest BCUT2D eigenvalue weighted by Crippen LogP contribution is -2.36. The van der Waals surface area contributed by atoms with Crippen LogP contribution >= 0.6 is 11.3 Å². The van der Waals surface area contributed by atoms with Crippen molar-refractivity contribution in [2.75, 3.05) is 26.8 Å². The van der Waals surface area contributed by atoms with Crippen LogP contribution in [-0.4, -0.2) is 32.8 Å². The summed E-state index contributed by atoms with van der Waals surface area (Å²) in [4.78, 5) is 2.89. The van der Waals surface area contributed by atoms with Crippen LogP contribution in [0.3, 0.4) is 0 Å². The van der Waals surface area contributed by atoms with Gasteiger partial charge < -0.3 is 15.4 Å². The fourth-order valence-corrected chi connectivity index (χ4v) is 2.46. The Morgan fingerprint density at radius 3 is 2.76 bits per heavy atom. The summed E-state index contributed by atoms with van der Waals surface area (Å²) in [5.74, 6) is 0. The summed E-state index contributed by atoms with van der Waals surface area (Å²) in [5.41, 5.74) is 0. The topological polar surface area (TPSA) is 33.3 Å². The van der Waals surface area contributed by atoms with Gasteiger partial charge in [0.05, 0.1) is 6.61 Å². The monoisotopic (exact) mass is 256 g/mol. The van der Waals surface area contributed by atoms with Crippen LogP contribution in [0.1, 0.15) is 23.6 Å². The summed E-state index contributed by atoms with van der Waals surface area (Å²) in [5, 5.41) is 6.87. The number of nitrogens with one attached hydrogen (secondary N) is 2. The van der Waals surface area contributed by atoms with E-state index in [-0.39, 0.29) is 0 Å². The molecular formula is C13H24N2OS. The van der Waals surface area contributed by atoms with Crippen molar-refractivity contribution in [2.24, 2.45) is 0 Å². The highest BCUT2D eigenvalue weighted by molar-refractivity contribution is 7.11. The Labute approximate surface area is 109 Å². The predicted octanol–water partition coefficient (Wildman–Crippen LogP) is 2.02. The SMILES string of the molecule is CCc1ccc(CNC(C)CNCCOC)s1. The Morgan fingerprint density at radius 2 is 2.12 bits per heavy atom. The average molecular weight is 256 g/mol. The van der Waals surface area contributed by atoms with Crippen molar-refractivity contribution in [1.29, 1.82) is 0 Å². The molecule has 0 spiro atoms. The minimum Gasteiger partial charge on any atom is -0.383 e. The zero-order valence-electron chi connectivity index (χ0n) is 11.1. The second-order valence-corrected chi connectivity index (χ2v) is 5.45. The van der Waals surface area contributed by atoms with Gasteiger partial charge >= 0.3 is 0 Å². The third-order valence-electron chi connectivity index (χ3n) is 2.62. The first-order valence-electron chi connectivity index (χ1n) is 6.27. The number of rotatable bonds is 9. The molecule has 17 heavy (non-hydrogen) atoms. The van der Waals surface area contributed by atoms with Gasteiger partial charge in [-0.2, -0.15) is 0 Å². The average Bonchev–Trinajstić information content (AvgIpc) is 2.80. The van der Waals surface area contributed by atoms with Crippen molar-refractivity contribution in [3.05, 3.63) is 21.9 Å². The van der Waals surface area contributed by atoms with E-state index < -0.39 is 0 Å². The highest BCUT2D eigenvalue weighted by Crippen LogP contribution is 2.16. The van der Waals surface area contributed by atoms with Gasteiger partial charge in [0.25, 0.3) is 0 Å². The molecule has 1 rings (SSSR count). The summed E-state index contributed by atoms with van der Waals surface area (Å²) in [6.07, 6.45) is 1.14. The van der Waals surface area contributed by atoms with Crippen LogP contribution in [0.5, 0.6) is 0 Å². The van der Waals surface area contributed by atoms with Crippen LogP contribution in [0.4, 0.5) is 0 Å². The zero-order chi connectivity index (χ0) is 12.5. The van der Waals surface area contributed by atoms with Crippen molar-refractivity contribution >= 4 is 11.3 Å². The molecule has 0 fully saturated rings. The molecule has 0 amide bonds. The minimum atomic E-state index is 0.485. The Hall–Kier alpha value is -0.420. The molecular weight excluding hydrogens is 232 g/mol. The van der Waals surface area contributed by atoms with Gasteiger partial charge in [-0.3, -0.25) is 0 Å². The maximum Gasteiger partial charge on any atom is 0.0587 e. The first kappa shape index (κ1) is 14.6. The molecule has 0 aliphatic rings. The van der Waals surface area contributed by atoms with E-state index in [1.807, 2.05) is 11.3 Å². The molecule has 98 valence electrons. The fourth-order valence-electron chi connectivity index (χ4n) is 1.55. The molecule has 0 saturated carbocycles. The summed E-state index contributed by atoms with van der Waals surface area (Å²) >= 11 is 1.90. The molecule has 0 aliphatic heterocycles. The molecule has 0 aromatic carbocycles. The number of thiophene rings is 1. The molecule has 0 bridgehead atoms. The minimum absolute atomic E-state index is 0.485. The summed E-state index contributed by atoms with van der Waals surface area (Å²) in [7, 11) is 1.73. The number of hydrogen-bond acceptors (Lipinski definition) is 4. The largest absolute Gasteiger partial charge is 0.383 e. The van der Waals surface area contributed by atoms with E-state index >= 15 is 0 Å². The van der Waals surface area contributed by atoms with E-state index in [9.17, 15) is 0 Å². The predicted molar refractivity (Wildman–Crippen MR) is 74.7 cm³/mol. The standard InChI is InChI=1S/C13H24N2OS/c1-4-12-5-6-13(17-12)10-15-11(2)9-14-7-8-16-3/h5-6,11,14-15H,4,7-10H2,1-3H3. The molecule has 1 unspecified atom stereocenters. The van der Waals surface area contributed by atoms with Crippen molar-refractivity contribution in [1.82, 2.24) is 10.6 Å². The third-order valence-corrected chi connectivity index (χ3v) is 3.85. The van der Waals surface area contributed by atoms with Crippen molar-refractivity contribution in [3.8, 4) is 0 Å². The maximum atomic E-state index is 4.99. The molecule has 0 radical (unpaired) electrons. The van der Waals surface area contributed by atoms with E-state index in [0.717, 1.165) is 32.7 Å². The van der Waals surface area contributed by atoms with Crippen LogP contribution in [0, 0.1) is 0 Å². The molecule has 4 heteroatoms. The lowest BCUT2D eigenvalue weighted by atomic mass is 10.3. The molecule has 1 atom stereocenters. The summed E-state index contributed by atoms with van der Waals surface area (Å²) in [6, 6.07) is 4.93. The van der Waals surface area contributed by atoms with Gasteiger partial charge in [-0.05, 0) is 25.5 Å². The van der Waals surface area contributed by atoms with E-state index in [1.54, 1.807) is 7.11 Å². The Balaban J connectivity index is 2.12. The lowest BCUT2D eigenvalue weighted by Gasteiger charge is -2.13. The molecule has 1 aromatic heterocycles. The second kappa shape index (κ2) is 8.64. The first-order chi connectivity index (χ1) is 8.26. The Morgan fingerprint density at radius 1 is 1.35 bits per heavy atom. The molecule has 3 nitrogen and oxygen atoms in total. The van der Waals surface area contributed by atoms with Crippen LogP contribution < -0.4 is 10.6 Å². The lowest BCUT2D eigenvalue weighted by molar-refractivity contribution is 0.198. The first-order valence-corrected chi connectivity index (χ1v) is 7.08. The highest BCUT2D eigenvalue weighted by atomic mass is 32.1. The van der Waals surface area contributed by atoms with Crippen LogP contribution in [-0.2, 0) is 17.7 Å². The van der Waals surface area contributed by atoms with E-state index in [0.29, 0.717) is 6.04 Å². The highest BCUT2D eigenvalue weighted by Gasteiger charge is 2.02. The van der Waals surface area contributed by atoms with Gasteiger partial charge in [0.15, 0.2) is 0 Å². The van der Waals surface area contributed by atoms with Crippen LogP contribution in [0.25, 0.3) is 0 Å². The number of aryl methyl sites for hydroxylation is 1. The molecule has 0 aliphatic carbocycles. The normalized spacial score (nSPS) is 12.9. The number of methoxy groups -OCH3 is 1. The molecule has 2 N–H and O–H groups in total. The van der Waals surface area contributed by atoms with Gasteiger partial charge in [-0.25, -0.2) is 0 Å². The van der Waals surface area contributed by atoms with Crippen LogP contribution in [0.15, 0.2) is 12.1 Å². The van der Waals surface area contributed by atoms with E-state index in [1.165, 1.54) is 9.75 Å². The quantitative estimate of drug-likeness (QED) is 0.663. The van der Waals surface area contributed by atoms with Gasteiger partial charge in [0, 0.05) is 42.5 Å². The molecule has 0 saturated heterocycles. The van der Waals surface area contributed by atoms with Gasteiger partial charge in [-0.1, -0.05) is 6.92 Å². The Kier molecular flexibility index (Phi) is 7.44. The van der Waals surface area contributed by atoms with Crippen molar-refractivity contribution < 1.29 is 4.74 Å². The smallest absolute Gasteiger partial charge is 0.0587 e. The maximum absolute atomic E-state index is 4.99. The molecule has 1 aromatic rings.